The van der Waals surface area contributed by atoms with Gasteiger partial charge in [0.15, 0.2) is 0 Å². The SMILES string of the molecule is CC(c1cccc([N+](=O)[O-])c1)N(C)C(=O)CCc1ccc(-c2ccccc2)o1. The van der Waals surface area contributed by atoms with Crippen LogP contribution in [0.2, 0.25) is 0 Å². The molecule has 0 aliphatic heterocycles. The average molecular weight is 378 g/mol. The van der Waals surface area contributed by atoms with E-state index in [1.54, 1.807) is 24.1 Å². The third kappa shape index (κ3) is 4.46. The first-order valence-electron chi connectivity index (χ1n) is 9.10. The van der Waals surface area contributed by atoms with Crippen LogP contribution in [0.25, 0.3) is 11.3 Å². The van der Waals surface area contributed by atoms with Crippen molar-refractivity contribution in [1.29, 1.82) is 0 Å². The second-order valence-electron chi connectivity index (χ2n) is 6.66. The van der Waals surface area contributed by atoms with Crippen LogP contribution < -0.4 is 0 Å². The summed E-state index contributed by atoms with van der Waals surface area (Å²) in [7, 11) is 1.71. The van der Waals surface area contributed by atoms with E-state index in [0.717, 1.165) is 22.6 Å². The molecule has 1 aromatic heterocycles. The van der Waals surface area contributed by atoms with E-state index < -0.39 is 4.92 Å². The van der Waals surface area contributed by atoms with Crippen LogP contribution in [-0.2, 0) is 11.2 Å². The van der Waals surface area contributed by atoms with Gasteiger partial charge in [-0.1, -0.05) is 42.5 Å². The third-order valence-corrected chi connectivity index (χ3v) is 4.84. The van der Waals surface area contributed by atoms with E-state index in [2.05, 4.69) is 0 Å². The van der Waals surface area contributed by atoms with Crippen molar-refractivity contribution in [3.05, 3.63) is 88.2 Å². The summed E-state index contributed by atoms with van der Waals surface area (Å²) in [6.07, 6.45) is 0.801. The van der Waals surface area contributed by atoms with Gasteiger partial charge in [-0.15, -0.1) is 0 Å². The smallest absolute Gasteiger partial charge is 0.269 e. The topological polar surface area (TPSA) is 76.6 Å². The second kappa shape index (κ2) is 8.52. The van der Waals surface area contributed by atoms with Gasteiger partial charge in [0.05, 0.1) is 11.0 Å². The molecule has 0 aliphatic rings. The monoisotopic (exact) mass is 378 g/mol. The Morgan fingerprint density at radius 1 is 1.11 bits per heavy atom. The summed E-state index contributed by atoms with van der Waals surface area (Å²) in [5.41, 5.74) is 1.75. The lowest BCUT2D eigenvalue weighted by atomic mass is 10.1. The number of hydrogen-bond donors (Lipinski definition) is 0. The van der Waals surface area contributed by atoms with Crippen molar-refractivity contribution < 1.29 is 14.1 Å². The van der Waals surface area contributed by atoms with Crippen molar-refractivity contribution in [3.63, 3.8) is 0 Å². The summed E-state index contributed by atoms with van der Waals surface area (Å²) < 4.78 is 5.84. The van der Waals surface area contributed by atoms with Gasteiger partial charge in [-0.05, 0) is 24.6 Å². The number of rotatable bonds is 7. The molecule has 6 nitrogen and oxygen atoms in total. The average Bonchev–Trinajstić information content (AvgIpc) is 3.20. The Hall–Kier alpha value is -3.41. The predicted octanol–water partition coefficient (Wildman–Crippen LogP) is 5.01. The minimum atomic E-state index is -0.431. The Morgan fingerprint density at radius 2 is 1.86 bits per heavy atom. The van der Waals surface area contributed by atoms with Crippen LogP contribution in [0.15, 0.2) is 71.1 Å². The van der Waals surface area contributed by atoms with Gasteiger partial charge in [0.25, 0.3) is 5.69 Å². The maximum Gasteiger partial charge on any atom is 0.269 e. The molecular weight excluding hydrogens is 356 g/mol. The van der Waals surface area contributed by atoms with E-state index in [-0.39, 0.29) is 17.6 Å². The highest BCUT2D eigenvalue weighted by Gasteiger charge is 2.19. The fourth-order valence-electron chi connectivity index (χ4n) is 3.01. The molecular formula is C22H22N2O4. The Labute approximate surface area is 163 Å². The van der Waals surface area contributed by atoms with Crippen LogP contribution in [0.4, 0.5) is 5.69 Å². The molecule has 0 spiro atoms. The fourth-order valence-corrected chi connectivity index (χ4v) is 3.01. The van der Waals surface area contributed by atoms with Gasteiger partial charge in [0.1, 0.15) is 11.5 Å². The molecule has 0 bridgehead atoms. The third-order valence-electron chi connectivity index (χ3n) is 4.84. The first-order valence-corrected chi connectivity index (χ1v) is 9.10. The minimum Gasteiger partial charge on any atom is -0.461 e. The number of nitro groups is 1. The quantitative estimate of drug-likeness (QED) is 0.428. The number of hydrogen-bond acceptors (Lipinski definition) is 4. The summed E-state index contributed by atoms with van der Waals surface area (Å²) in [5, 5.41) is 11.0. The van der Waals surface area contributed by atoms with Crippen molar-refractivity contribution in [2.75, 3.05) is 7.05 Å². The van der Waals surface area contributed by atoms with Gasteiger partial charge < -0.3 is 9.32 Å². The Balaban J connectivity index is 1.61. The van der Waals surface area contributed by atoms with Crippen molar-refractivity contribution in [2.24, 2.45) is 0 Å². The maximum absolute atomic E-state index is 12.6. The summed E-state index contributed by atoms with van der Waals surface area (Å²) in [4.78, 5) is 24.7. The zero-order chi connectivity index (χ0) is 20.1. The Bertz CT molecular complexity index is 965. The van der Waals surface area contributed by atoms with Crippen LogP contribution in [0.1, 0.15) is 30.7 Å². The van der Waals surface area contributed by atoms with E-state index in [4.69, 9.17) is 4.42 Å². The summed E-state index contributed by atoms with van der Waals surface area (Å²) in [6.45, 7) is 1.86. The molecule has 3 rings (SSSR count). The van der Waals surface area contributed by atoms with E-state index in [1.807, 2.05) is 49.4 Å². The van der Waals surface area contributed by atoms with Gasteiger partial charge in [-0.2, -0.15) is 0 Å². The maximum atomic E-state index is 12.6. The van der Waals surface area contributed by atoms with Gasteiger partial charge >= 0.3 is 0 Å². The normalized spacial score (nSPS) is 11.8. The number of amides is 1. The number of carbonyl (C=O) groups excluding carboxylic acids is 1. The lowest BCUT2D eigenvalue weighted by molar-refractivity contribution is -0.384. The van der Waals surface area contributed by atoms with Crippen molar-refractivity contribution in [3.8, 4) is 11.3 Å². The fraction of sp³-hybridized carbons (Fsp3) is 0.227. The predicted molar refractivity (Wildman–Crippen MR) is 107 cm³/mol. The van der Waals surface area contributed by atoms with Gasteiger partial charge in [-0.3, -0.25) is 14.9 Å². The van der Waals surface area contributed by atoms with E-state index >= 15 is 0 Å². The molecule has 0 aliphatic carbocycles. The molecule has 28 heavy (non-hydrogen) atoms. The highest BCUT2D eigenvalue weighted by Crippen LogP contribution is 2.25. The number of benzene rings is 2. The Kier molecular flexibility index (Phi) is 5.89. The largest absolute Gasteiger partial charge is 0.461 e. The zero-order valence-corrected chi connectivity index (χ0v) is 15.9. The van der Waals surface area contributed by atoms with Crippen LogP contribution in [0.3, 0.4) is 0 Å². The molecule has 0 fully saturated rings. The zero-order valence-electron chi connectivity index (χ0n) is 15.9. The highest BCUT2D eigenvalue weighted by atomic mass is 16.6. The van der Waals surface area contributed by atoms with E-state index in [9.17, 15) is 14.9 Å². The molecule has 144 valence electrons. The number of nitrogens with zero attached hydrogens (tertiary/aromatic N) is 2. The molecule has 0 saturated carbocycles. The van der Waals surface area contributed by atoms with Gasteiger partial charge in [0, 0.05) is 37.6 Å². The molecule has 1 heterocycles. The molecule has 0 N–H and O–H groups in total. The van der Waals surface area contributed by atoms with Crippen molar-refractivity contribution in [1.82, 2.24) is 4.90 Å². The van der Waals surface area contributed by atoms with Crippen LogP contribution in [0, 0.1) is 10.1 Å². The van der Waals surface area contributed by atoms with E-state index in [1.165, 1.54) is 12.1 Å². The molecule has 0 radical (unpaired) electrons. The Morgan fingerprint density at radius 3 is 2.57 bits per heavy atom. The van der Waals surface area contributed by atoms with Crippen LogP contribution in [0.5, 0.6) is 0 Å². The van der Waals surface area contributed by atoms with Crippen molar-refractivity contribution in [2.45, 2.75) is 25.8 Å². The van der Waals surface area contributed by atoms with Crippen LogP contribution in [-0.4, -0.2) is 22.8 Å². The molecule has 1 unspecified atom stereocenters. The van der Waals surface area contributed by atoms with E-state index in [0.29, 0.717) is 12.8 Å². The standard InChI is InChI=1S/C22H22N2O4/c1-16(18-9-6-10-19(15-18)24(26)27)23(2)22(25)14-12-20-11-13-21(28-20)17-7-4-3-5-8-17/h3-11,13,15-16H,12,14H2,1-2H3. The molecule has 0 saturated heterocycles. The second-order valence-corrected chi connectivity index (χ2v) is 6.66. The molecule has 6 heteroatoms. The number of carbonyl (C=O) groups is 1. The number of furan rings is 1. The molecule has 1 amide bonds. The summed E-state index contributed by atoms with van der Waals surface area (Å²) in [5.74, 6) is 1.49. The van der Waals surface area contributed by atoms with Gasteiger partial charge in [-0.25, -0.2) is 0 Å². The summed E-state index contributed by atoms with van der Waals surface area (Å²) in [6, 6.07) is 19.7. The minimum absolute atomic E-state index is 0.0224. The van der Waals surface area contributed by atoms with Gasteiger partial charge in [0.2, 0.25) is 5.91 Å². The highest BCUT2D eigenvalue weighted by molar-refractivity contribution is 5.76. The first-order chi connectivity index (χ1) is 13.5. The number of non-ortho nitro benzene ring substituents is 1. The summed E-state index contributed by atoms with van der Waals surface area (Å²) >= 11 is 0. The van der Waals surface area contributed by atoms with Crippen molar-refractivity contribution >= 4 is 11.6 Å². The lowest BCUT2D eigenvalue weighted by Gasteiger charge is -2.25. The molecule has 2 aromatic carbocycles. The molecule has 1 atom stereocenters. The first kappa shape index (κ1) is 19.4. The number of aryl methyl sites for hydroxylation is 1. The van der Waals surface area contributed by atoms with Crippen LogP contribution >= 0.6 is 0 Å². The lowest BCUT2D eigenvalue weighted by Crippen LogP contribution is -2.29. The molecule has 3 aromatic rings. The number of nitro benzene ring substituents is 1.